The third kappa shape index (κ3) is 5.27. The van der Waals surface area contributed by atoms with Crippen LogP contribution in [0.4, 0.5) is 0 Å². The minimum atomic E-state index is -0.874. The monoisotopic (exact) mass is 521 g/mol. The maximum atomic E-state index is 13.4. The Hall–Kier alpha value is -3.97. The molecule has 0 aromatic heterocycles. The van der Waals surface area contributed by atoms with E-state index in [1.165, 1.54) is 18.1 Å². The summed E-state index contributed by atoms with van der Waals surface area (Å²) in [5.74, 6) is -0.257. The van der Waals surface area contributed by atoms with E-state index in [0.717, 1.165) is 5.56 Å². The van der Waals surface area contributed by atoms with E-state index in [2.05, 4.69) is 0 Å². The number of Topliss-reactive ketones (excluding diaryl/α,β-unsaturated/α-hetero) is 1. The van der Waals surface area contributed by atoms with Crippen molar-refractivity contribution in [2.45, 2.75) is 32.5 Å². The molecule has 1 aliphatic heterocycles. The third-order valence-electron chi connectivity index (χ3n) is 6.04. The zero-order valence-corrected chi connectivity index (χ0v) is 21.8. The SMILES string of the molecule is COc1ccc(/C(O)=C2\C(=O)C(=O)N(Cc3ccccc3OC)C2c2cccc(OC(C)C)c2)cc1Cl. The molecule has 1 N–H and O–H groups in total. The van der Waals surface area contributed by atoms with Gasteiger partial charge in [0.05, 0.1) is 43.5 Å². The fraction of sp³-hybridized carbons (Fsp3) is 0.241. The van der Waals surface area contributed by atoms with Crippen LogP contribution < -0.4 is 14.2 Å². The standard InChI is InChI=1S/C29H28ClNO6/c1-17(2)37-21-10-7-9-18(14-21)26-25(27(32)19-12-13-24(36-4)22(30)15-19)28(33)29(34)31(26)16-20-8-5-6-11-23(20)35-3/h5-15,17,26,32H,16H2,1-4H3/b27-25+. The van der Waals surface area contributed by atoms with Crippen molar-refractivity contribution < 1.29 is 28.9 Å². The number of carbonyl (C=O) groups is 2. The summed E-state index contributed by atoms with van der Waals surface area (Å²) in [4.78, 5) is 28.2. The van der Waals surface area contributed by atoms with E-state index in [1.807, 2.05) is 32.0 Å². The molecule has 7 nitrogen and oxygen atoms in total. The van der Waals surface area contributed by atoms with Crippen molar-refractivity contribution in [2.24, 2.45) is 0 Å². The summed E-state index contributed by atoms with van der Waals surface area (Å²) >= 11 is 6.29. The molecule has 1 fully saturated rings. The highest BCUT2D eigenvalue weighted by Crippen LogP contribution is 2.42. The van der Waals surface area contributed by atoms with Gasteiger partial charge in [0.25, 0.3) is 11.7 Å². The Labute approximate surface area is 220 Å². The maximum Gasteiger partial charge on any atom is 0.295 e. The van der Waals surface area contributed by atoms with Gasteiger partial charge < -0.3 is 24.2 Å². The molecule has 1 aliphatic rings. The van der Waals surface area contributed by atoms with Crippen molar-refractivity contribution in [1.82, 2.24) is 4.90 Å². The Bertz CT molecular complexity index is 1370. The molecule has 3 aromatic rings. The van der Waals surface area contributed by atoms with Gasteiger partial charge in [-0.3, -0.25) is 9.59 Å². The molecule has 1 saturated heterocycles. The molecule has 0 saturated carbocycles. The van der Waals surface area contributed by atoms with Crippen LogP contribution in [0.15, 0.2) is 72.3 Å². The lowest BCUT2D eigenvalue weighted by atomic mass is 9.95. The second kappa shape index (κ2) is 11.0. The lowest BCUT2D eigenvalue weighted by Crippen LogP contribution is -2.29. The minimum Gasteiger partial charge on any atom is -0.507 e. The number of nitrogens with zero attached hydrogens (tertiary/aromatic N) is 1. The minimum absolute atomic E-state index is 0.0390. The number of rotatable bonds is 8. The van der Waals surface area contributed by atoms with Gasteiger partial charge in [0, 0.05) is 11.1 Å². The molecule has 1 heterocycles. The fourth-order valence-corrected chi connectivity index (χ4v) is 4.66. The molecule has 4 rings (SSSR count). The van der Waals surface area contributed by atoms with Gasteiger partial charge in [-0.25, -0.2) is 0 Å². The van der Waals surface area contributed by atoms with Gasteiger partial charge in [0.15, 0.2) is 0 Å². The molecule has 0 aliphatic carbocycles. The number of halogens is 1. The number of aliphatic hydroxyl groups excluding tert-OH is 1. The number of ketones is 1. The van der Waals surface area contributed by atoms with Crippen LogP contribution >= 0.6 is 11.6 Å². The first-order valence-electron chi connectivity index (χ1n) is 11.8. The van der Waals surface area contributed by atoms with Crippen molar-refractivity contribution >= 4 is 29.1 Å². The smallest absolute Gasteiger partial charge is 0.295 e. The number of carbonyl (C=O) groups excluding carboxylic acids is 2. The largest absolute Gasteiger partial charge is 0.507 e. The number of ether oxygens (including phenoxy) is 3. The van der Waals surface area contributed by atoms with E-state index in [9.17, 15) is 14.7 Å². The van der Waals surface area contributed by atoms with Gasteiger partial charge in [-0.15, -0.1) is 0 Å². The number of hydrogen-bond acceptors (Lipinski definition) is 6. The van der Waals surface area contributed by atoms with Gasteiger partial charge in [0.1, 0.15) is 23.0 Å². The fourth-order valence-electron chi connectivity index (χ4n) is 4.41. The maximum absolute atomic E-state index is 13.4. The summed E-state index contributed by atoms with van der Waals surface area (Å²) in [5, 5.41) is 11.6. The first kappa shape index (κ1) is 26.1. The van der Waals surface area contributed by atoms with Crippen molar-refractivity contribution in [3.05, 3.63) is 94.0 Å². The van der Waals surface area contributed by atoms with E-state index < -0.39 is 17.7 Å². The molecule has 192 valence electrons. The zero-order valence-electron chi connectivity index (χ0n) is 21.0. The zero-order chi connectivity index (χ0) is 26.7. The van der Waals surface area contributed by atoms with E-state index in [4.69, 9.17) is 25.8 Å². The lowest BCUT2D eigenvalue weighted by molar-refractivity contribution is -0.140. The van der Waals surface area contributed by atoms with E-state index in [1.54, 1.807) is 49.6 Å². The van der Waals surface area contributed by atoms with Crippen molar-refractivity contribution in [2.75, 3.05) is 14.2 Å². The van der Waals surface area contributed by atoms with E-state index in [0.29, 0.717) is 28.4 Å². The number of likely N-dealkylation sites (tertiary alicyclic amines) is 1. The Morgan fingerprint density at radius 1 is 0.973 bits per heavy atom. The van der Waals surface area contributed by atoms with Crippen molar-refractivity contribution in [3.8, 4) is 17.2 Å². The molecule has 1 atom stereocenters. The highest BCUT2D eigenvalue weighted by atomic mass is 35.5. The van der Waals surface area contributed by atoms with Crippen LogP contribution in [0.2, 0.25) is 5.02 Å². The molecule has 1 amide bonds. The average Bonchev–Trinajstić information content (AvgIpc) is 3.13. The highest BCUT2D eigenvalue weighted by molar-refractivity contribution is 6.46. The van der Waals surface area contributed by atoms with Gasteiger partial charge in [-0.1, -0.05) is 41.9 Å². The molecule has 8 heteroatoms. The van der Waals surface area contributed by atoms with Gasteiger partial charge >= 0.3 is 0 Å². The molecule has 0 spiro atoms. The van der Waals surface area contributed by atoms with Gasteiger partial charge in [0.2, 0.25) is 0 Å². The van der Waals surface area contributed by atoms with Crippen LogP contribution in [0.25, 0.3) is 5.76 Å². The van der Waals surface area contributed by atoms with Crippen LogP contribution in [0, 0.1) is 0 Å². The summed E-state index contributed by atoms with van der Waals surface area (Å²) in [6.07, 6.45) is -0.0726. The van der Waals surface area contributed by atoms with E-state index in [-0.39, 0.29) is 29.0 Å². The summed E-state index contributed by atoms with van der Waals surface area (Å²) in [6.45, 7) is 3.91. The number of hydrogen-bond donors (Lipinski definition) is 1. The van der Waals surface area contributed by atoms with E-state index >= 15 is 0 Å². The van der Waals surface area contributed by atoms with Crippen LogP contribution in [-0.4, -0.2) is 42.0 Å². The normalized spacial score (nSPS) is 16.8. The topological polar surface area (TPSA) is 85.3 Å². The second-order valence-electron chi connectivity index (χ2n) is 8.83. The number of aliphatic hydroxyl groups is 1. The summed E-state index contributed by atoms with van der Waals surface area (Å²) in [6, 6.07) is 18.3. The quantitative estimate of drug-likeness (QED) is 0.230. The number of para-hydroxylation sites is 1. The number of amides is 1. The highest BCUT2D eigenvalue weighted by Gasteiger charge is 2.46. The third-order valence-corrected chi connectivity index (χ3v) is 6.34. The van der Waals surface area contributed by atoms with Crippen LogP contribution in [0.3, 0.4) is 0 Å². The predicted molar refractivity (Wildman–Crippen MR) is 141 cm³/mol. The lowest BCUT2D eigenvalue weighted by Gasteiger charge is -2.26. The van der Waals surface area contributed by atoms with Gasteiger partial charge in [-0.2, -0.15) is 0 Å². The van der Waals surface area contributed by atoms with Crippen LogP contribution in [0.1, 0.15) is 36.6 Å². The Kier molecular flexibility index (Phi) is 7.74. The van der Waals surface area contributed by atoms with Crippen LogP contribution in [0.5, 0.6) is 17.2 Å². The molecule has 0 radical (unpaired) electrons. The first-order chi connectivity index (χ1) is 17.7. The predicted octanol–water partition coefficient (Wildman–Crippen LogP) is 5.77. The Morgan fingerprint density at radius 2 is 1.70 bits per heavy atom. The Morgan fingerprint density at radius 3 is 2.38 bits per heavy atom. The van der Waals surface area contributed by atoms with Gasteiger partial charge in [-0.05, 0) is 55.8 Å². The van der Waals surface area contributed by atoms with Crippen molar-refractivity contribution in [1.29, 1.82) is 0 Å². The molecule has 1 unspecified atom stereocenters. The average molecular weight is 522 g/mol. The first-order valence-corrected chi connectivity index (χ1v) is 12.1. The number of benzene rings is 3. The summed E-state index contributed by atoms with van der Waals surface area (Å²) in [7, 11) is 3.03. The molecular formula is C29H28ClNO6. The number of methoxy groups -OCH3 is 2. The van der Waals surface area contributed by atoms with Crippen LogP contribution in [-0.2, 0) is 16.1 Å². The molecule has 37 heavy (non-hydrogen) atoms. The molecule has 0 bridgehead atoms. The summed E-state index contributed by atoms with van der Waals surface area (Å²) in [5.41, 5.74) is 1.59. The Balaban J connectivity index is 1.88. The molecule has 3 aromatic carbocycles. The molecular weight excluding hydrogens is 494 g/mol. The summed E-state index contributed by atoms with van der Waals surface area (Å²) < 4.78 is 16.5. The second-order valence-corrected chi connectivity index (χ2v) is 9.23. The van der Waals surface area contributed by atoms with Crippen molar-refractivity contribution in [3.63, 3.8) is 0 Å².